The minimum absolute atomic E-state index is 0.0610. The number of thiophene rings is 1. The quantitative estimate of drug-likeness (QED) is 0.168. The Balaban J connectivity index is 0.930. The average Bonchev–Trinajstić information content (AvgIpc) is 3.97. The van der Waals surface area contributed by atoms with Gasteiger partial charge in [0.05, 0.1) is 0 Å². The van der Waals surface area contributed by atoms with Gasteiger partial charge in [-0.1, -0.05) is 149 Å². The van der Waals surface area contributed by atoms with E-state index in [2.05, 4.69) is 209 Å². The van der Waals surface area contributed by atoms with E-state index in [9.17, 15) is 0 Å². The van der Waals surface area contributed by atoms with Crippen molar-refractivity contribution in [3.05, 3.63) is 209 Å². The van der Waals surface area contributed by atoms with E-state index in [0.29, 0.717) is 0 Å². The summed E-state index contributed by atoms with van der Waals surface area (Å²) in [6, 6.07) is 66.2. The maximum atomic E-state index is 2.44. The van der Waals surface area contributed by atoms with Gasteiger partial charge in [0.25, 0.3) is 0 Å². The van der Waals surface area contributed by atoms with Crippen molar-refractivity contribution in [2.24, 2.45) is 0 Å². The first-order valence-corrected chi connectivity index (χ1v) is 21.7. The zero-order valence-corrected chi connectivity index (χ0v) is 34.6. The van der Waals surface area contributed by atoms with Crippen LogP contribution in [0.4, 0.5) is 17.1 Å². The number of hydrogen-bond donors (Lipinski definition) is 0. The zero-order chi connectivity index (χ0) is 39.6. The molecule has 0 amide bonds. The fourth-order valence-corrected chi connectivity index (χ4v) is 12.0. The molecular weight excluding hydrogens is 731 g/mol. The SMILES string of the molecule is CC1(C)c2ccccc2-c2ccc(N(c3ccc(-c4ccc5c(c4)-c4ccccc4C5)cc3)c3ccc(-c4ccc5c(c4)C(C)(C)c4c-5sc5ccccc45)cc3)cc21. The summed E-state index contributed by atoms with van der Waals surface area (Å²) in [4.78, 5) is 3.86. The van der Waals surface area contributed by atoms with Crippen molar-refractivity contribution in [2.45, 2.75) is 44.9 Å². The number of hydrogen-bond acceptors (Lipinski definition) is 2. The Morgan fingerprint density at radius 1 is 0.407 bits per heavy atom. The Hall–Kier alpha value is -6.48. The predicted molar refractivity (Wildman–Crippen MR) is 251 cm³/mol. The van der Waals surface area contributed by atoms with E-state index in [-0.39, 0.29) is 10.8 Å². The molecule has 282 valence electrons. The molecule has 0 saturated heterocycles. The normalized spacial score (nSPS) is 14.6. The maximum absolute atomic E-state index is 2.44. The van der Waals surface area contributed by atoms with Gasteiger partial charge in [0.1, 0.15) is 0 Å². The molecule has 0 atom stereocenters. The lowest BCUT2D eigenvalue weighted by atomic mass is 9.80. The van der Waals surface area contributed by atoms with Crippen molar-refractivity contribution < 1.29 is 0 Å². The van der Waals surface area contributed by atoms with Crippen LogP contribution < -0.4 is 4.90 Å². The van der Waals surface area contributed by atoms with Gasteiger partial charge in [0, 0.05) is 37.5 Å². The van der Waals surface area contributed by atoms with Crippen LogP contribution in [0.2, 0.25) is 0 Å². The fraction of sp³-hybridized carbons (Fsp3) is 0.123. The zero-order valence-electron chi connectivity index (χ0n) is 33.8. The number of anilines is 3. The lowest BCUT2D eigenvalue weighted by Gasteiger charge is -2.28. The molecule has 0 bridgehead atoms. The summed E-state index contributed by atoms with van der Waals surface area (Å²) in [7, 11) is 0. The van der Waals surface area contributed by atoms with Gasteiger partial charge in [-0.15, -0.1) is 11.3 Å². The highest BCUT2D eigenvalue weighted by Crippen LogP contribution is 2.56. The molecule has 8 aromatic carbocycles. The van der Waals surface area contributed by atoms with Crippen molar-refractivity contribution in [3.8, 4) is 54.9 Å². The Labute approximate surface area is 350 Å². The molecule has 12 rings (SSSR count). The molecule has 0 aliphatic heterocycles. The molecule has 2 heteroatoms. The third-order valence-corrected chi connectivity index (χ3v) is 14.9. The summed E-state index contributed by atoms with van der Waals surface area (Å²) in [6.07, 6.45) is 1.01. The monoisotopic (exact) mass is 773 g/mol. The van der Waals surface area contributed by atoms with Crippen LogP contribution in [0.5, 0.6) is 0 Å². The predicted octanol–water partition coefficient (Wildman–Crippen LogP) is 15.9. The van der Waals surface area contributed by atoms with E-state index in [1.807, 2.05) is 11.3 Å². The fourth-order valence-electron chi connectivity index (χ4n) is 10.6. The van der Waals surface area contributed by atoms with E-state index < -0.39 is 0 Å². The molecule has 59 heavy (non-hydrogen) atoms. The van der Waals surface area contributed by atoms with E-state index in [4.69, 9.17) is 0 Å². The average molecular weight is 774 g/mol. The van der Waals surface area contributed by atoms with Crippen LogP contribution in [0.15, 0.2) is 176 Å². The van der Waals surface area contributed by atoms with Crippen LogP contribution in [0.3, 0.4) is 0 Å². The van der Waals surface area contributed by atoms with Gasteiger partial charge in [0.2, 0.25) is 0 Å². The number of nitrogens with zero attached hydrogens (tertiary/aromatic N) is 1. The first-order valence-electron chi connectivity index (χ1n) is 20.9. The van der Waals surface area contributed by atoms with Crippen LogP contribution in [0.1, 0.15) is 61.1 Å². The first kappa shape index (κ1) is 34.6. The van der Waals surface area contributed by atoms with E-state index in [1.165, 1.54) is 98.4 Å². The van der Waals surface area contributed by atoms with E-state index >= 15 is 0 Å². The van der Waals surface area contributed by atoms with Gasteiger partial charge in [-0.3, -0.25) is 0 Å². The van der Waals surface area contributed by atoms with Crippen molar-refractivity contribution in [3.63, 3.8) is 0 Å². The molecule has 1 nitrogen and oxygen atoms in total. The molecule has 0 unspecified atom stereocenters. The Morgan fingerprint density at radius 3 is 1.75 bits per heavy atom. The molecule has 9 aromatic rings. The second kappa shape index (κ2) is 12.5. The van der Waals surface area contributed by atoms with Gasteiger partial charge in [-0.05, 0) is 150 Å². The van der Waals surface area contributed by atoms with Gasteiger partial charge in [-0.2, -0.15) is 0 Å². The molecule has 0 fully saturated rings. The lowest BCUT2D eigenvalue weighted by Crippen LogP contribution is -2.16. The van der Waals surface area contributed by atoms with Gasteiger partial charge in [-0.25, -0.2) is 0 Å². The number of benzene rings is 8. The summed E-state index contributed by atoms with van der Waals surface area (Å²) in [5, 5.41) is 1.39. The summed E-state index contributed by atoms with van der Waals surface area (Å²) < 4.78 is 1.38. The van der Waals surface area contributed by atoms with Gasteiger partial charge < -0.3 is 4.90 Å². The molecule has 3 aliphatic carbocycles. The summed E-state index contributed by atoms with van der Waals surface area (Å²) in [6.45, 7) is 9.52. The number of rotatable bonds is 5. The van der Waals surface area contributed by atoms with Crippen LogP contribution in [-0.2, 0) is 17.3 Å². The van der Waals surface area contributed by atoms with Crippen molar-refractivity contribution in [1.82, 2.24) is 0 Å². The minimum Gasteiger partial charge on any atom is -0.310 e. The molecule has 3 aliphatic rings. The van der Waals surface area contributed by atoms with Crippen molar-refractivity contribution in [2.75, 3.05) is 4.90 Å². The Bertz CT molecular complexity index is 3180. The standard InChI is InChI=1S/C57H43NS/c1-56(2)50-15-9-7-13-45(50)46-30-28-43(34-52(46)56)58(41-24-19-35(20-25-41)37-17-18-40-31-39-11-5-6-12-44(39)49(40)32-37)42-26-21-36(22-27-42)38-23-29-47-51(33-38)57(3,4)54-48-14-8-10-16-53(48)59-55(47)54/h5-30,32-34H,31H2,1-4H3. The molecular formula is C57H43NS. The van der Waals surface area contributed by atoms with Crippen LogP contribution in [0, 0.1) is 0 Å². The Kier molecular flexibility index (Phi) is 7.33. The Morgan fingerprint density at radius 2 is 0.966 bits per heavy atom. The van der Waals surface area contributed by atoms with Crippen LogP contribution in [0.25, 0.3) is 65.0 Å². The van der Waals surface area contributed by atoms with E-state index in [1.54, 1.807) is 0 Å². The topological polar surface area (TPSA) is 3.24 Å². The molecule has 0 N–H and O–H groups in total. The molecule has 0 saturated carbocycles. The number of fused-ring (bicyclic) bond motifs is 11. The largest absolute Gasteiger partial charge is 0.310 e. The third-order valence-electron chi connectivity index (χ3n) is 13.7. The maximum Gasteiger partial charge on any atom is 0.0465 e. The summed E-state index contributed by atoms with van der Waals surface area (Å²) in [5.74, 6) is 0. The highest BCUT2D eigenvalue weighted by Gasteiger charge is 2.39. The first-order chi connectivity index (χ1) is 28.7. The molecule has 1 aromatic heterocycles. The van der Waals surface area contributed by atoms with Crippen LogP contribution >= 0.6 is 11.3 Å². The second-order valence-electron chi connectivity index (χ2n) is 17.7. The van der Waals surface area contributed by atoms with E-state index in [0.717, 1.165) is 23.5 Å². The lowest BCUT2D eigenvalue weighted by molar-refractivity contribution is 0.660. The molecule has 1 heterocycles. The third kappa shape index (κ3) is 5.09. The highest BCUT2D eigenvalue weighted by molar-refractivity contribution is 7.22. The molecule has 0 radical (unpaired) electrons. The van der Waals surface area contributed by atoms with Gasteiger partial charge in [0.15, 0.2) is 0 Å². The van der Waals surface area contributed by atoms with Crippen LogP contribution in [-0.4, -0.2) is 0 Å². The van der Waals surface area contributed by atoms with Crippen molar-refractivity contribution in [1.29, 1.82) is 0 Å². The smallest absolute Gasteiger partial charge is 0.0465 e. The summed E-state index contributed by atoms with van der Waals surface area (Å²) >= 11 is 1.93. The minimum atomic E-state index is -0.0928. The highest BCUT2D eigenvalue weighted by atomic mass is 32.1. The van der Waals surface area contributed by atoms with Gasteiger partial charge >= 0.3 is 0 Å². The summed E-state index contributed by atoms with van der Waals surface area (Å²) in [5.41, 5.74) is 23.5. The van der Waals surface area contributed by atoms with Crippen molar-refractivity contribution >= 4 is 38.5 Å². The second-order valence-corrected chi connectivity index (χ2v) is 18.8. The molecule has 0 spiro atoms.